The molecule has 2 N–H and O–H groups in total. The molecular weight excluding hydrogens is 347 g/mol. The van der Waals surface area contributed by atoms with Gasteiger partial charge >= 0.3 is 5.66 Å². The number of methoxy groups -OCH3 is 2. The van der Waals surface area contributed by atoms with Crippen LogP contribution in [-0.2, 0) is 18.5 Å². The van der Waals surface area contributed by atoms with E-state index in [0.29, 0.717) is 17.9 Å². The van der Waals surface area contributed by atoms with E-state index in [2.05, 4.69) is 21.4 Å². The standard InChI is InChI=1S/C19H18N2O4.Al/c1-20-19-9-11-7-13(22)15(24-2)8-12(11)16-17(19)10(4-5-21-19)6-14(23)18(16)25-3;/h1,6-8,22-23H,4-5,9H2,2-3H3;/q;+1/t19-;/m0./s1. The monoisotopic (exact) mass is 365 g/mol. The van der Waals surface area contributed by atoms with Crippen LogP contribution in [0.4, 0.5) is 0 Å². The molecule has 0 aromatic heterocycles. The minimum atomic E-state index is -0.803. The lowest BCUT2D eigenvalue weighted by Crippen LogP contribution is -2.50. The molecule has 1 atom stereocenters. The van der Waals surface area contributed by atoms with Crippen molar-refractivity contribution in [2.75, 3.05) is 20.8 Å². The number of hydrogen-bond acceptors (Lipinski definition) is 5. The summed E-state index contributed by atoms with van der Waals surface area (Å²) in [6.45, 7) is 6.64. The normalized spacial score (nSPS) is 20.7. The Balaban J connectivity index is 2.16. The Bertz CT molecular complexity index is 969. The van der Waals surface area contributed by atoms with Gasteiger partial charge in [0.05, 0.1) is 26.2 Å². The van der Waals surface area contributed by atoms with E-state index < -0.39 is 5.66 Å². The van der Waals surface area contributed by atoms with E-state index in [-0.39, 0.29) is 11.5 Å². The molecule has 6 nitrogen and oxygen atoms in total. The van der Waals surface area contributed by atoms with Crippen LogP contribution < -0.4 is 9.47 Å². The maximum Gasteiger partial charge on any atom is 0.348 e. The summed E-state index contributed by atoms with van der Waals surface area (Å²) in [5.74, 6) is 0.848. The predicted molar refractivity (Wildman–Crippen MR) is 98.2 cm³/mol. The van der Waals surface area contributed by atoms with Crippen molar-refractivity contribution in [1.29, 1.82) is 0 Å². The van der Waals surface area contributed by atoms with Gasteiger partial charge in [0.25, 0.3) is 23.1 Å². The zero-order valence-corrected chi connectivity index (χ0v) is 15.8. The smallest absolute Gasteiger partial charge is 0.348 e. The van der Waals surface area contributed by atoms with Gasteiger partial charge in [-0.1, -0.05) is 4.85 Å². The molecule has 0 saturated heterocycles. The van der Waals surface area contributed by atoms with Crippen LogP contribution >= 0.6 is 0 Å². The van der Waals surface area contributed by atoms with Crippen molar-refractivity contribution >= 4 is 16.5 Å². The fraction of sp³-hybridized carbons (Fsp3) is 0.316. The number of nitrogens with zero attached hydrogens (tertiary/aromatic N) is 2. The third-order valence-corrected chi connectivity index (χ3v) is 6.05. The quantitative estimate of drug-likeness (QED) is 0.800. The Morgan fingerprint density at radius 3 is 2.54 bits per heavy atom. The number of hydrogen-bond donors (Lipinski definition) is 2. The Kier molecular flexibility index (Phi) is 3.82. The molecule has 130 valence electrons. The maximum absolute atomic E-state index is 10.5. The first-order chi connectivity index (χ1) is 12.5. The first-order valence-corrected chi connectivity index (χ1v) is 8.76. The molecule has 0 bridgehead atoms. The molecule has 0 spiro atoms. The van der Waals surface area contributed by atoms with Gasteiger partial charge < -0.3 is 23.6 Å². The van der Waals surface area contributed by atoms with Crippen LogP contribution in [0.1, 0.15) is 16.7 Å². The second-order valence-corrected chi connectivity index (χ2v) is 7.21. The van der Waals surface area contributed by atoms with E-state index in [1.165, 1.54) is 14.2 Å². The summed E-state index contributed by atoms with van der Waals surface area (Å²) in [5, 5.41) is 20.8. The first kappa shape index (κ1) is 17.1. The fourth-order valence-electron chi connectivity index (χ4n) is 4.19. The Morgan fingerprint density at radius 2 is 1.88 bits per heavy atom. The highest BCUT2D eigenvalue weighted by molar-refractivity contribution is 6.06. The molecule has 4 rings (SSSR count). The Labute approximate surface area is 160 Å². The van der Waals surface area contributed by atoms with E-state index in [0.717, 1.165) is 40.8 Å². The summed E-state index contributed by atoms with van der Waals surface area (Å²) >= 11 is 2.70. The molecule has 2 aromatic carbocycles. The lowest BCUT2D eigenvalue weighted by Gasteiger charge is -2.41. The molecule has 7 heteroatoms. The second kappa shape index (κ2) is 5.82. The molecule has 0 saturated carbocycles. The number of fused-ring (bicyclic) bond motifs is 2. The lowest BCUT2D eigenvalue weighted by molar-refractivity contribution is 0.227. The molecule has 1 aliphatic heterocycles. The van der Waals surface area contributed by atoms with Gasteiger partial charge in [-0.15, -0.1) is 0 Å². The van der Waals surface area contributed by atoms with E-state index in [4.69, 9.17) is 16.0 Å². The van der Waals surface area contributed by atoms with Crippen LogP contribution in [0.3, 0.4) is 0 Å². The summed E-state index contributed by atoms with van der Waals surface area (Å²) in [4.78, 5) is 4.26. The molecule has 1 heterocycles. The summed E-state index contributed by atoms with van der Waals surface area (Å²) in [6, 6.07) is 5.17. The van der Waals surface area contributed by atoms with Gasteiger partial charge in [-0.25, -0.2) is 0 Å². The molecule has 0 amide bonds. The highest BCUT2D eigenvalue weighted by Gasteiger charge is 2.55. The number of phenolic OH excluding ortho intramolecular Hbond substituents is 2. The van der Waals surface area contributed by atoms with Gasteiger partial charge in [0.2, 0.25) is 0 Å². The van der Waals surface area contributed by atoms with Gasteiger partial charge in [0, 0.05) is 5.56 Å². The third kappa shape index (κ3) is 2.07. The van der Waals surface area contributed by atoms with Crippen molar-refractivity contribution in [2.24, 2.45) is 0 Å². The minimum Gasteiger partial charge on any atom is -0.504 e. The number of benzene rings is 2. The largest absolute Gasteiger partial charge is 0.504 e. The van der Waals surface area contributed by atoms with Gasteiger partial charge in [0.15, 0.2) is 23.0 Å². The van der Waals surface area contributed by atoms with Crippen LogP contribution in [0.2, 0.25) is 0 Å². The zero-order valence-electron chi connectivity index (χ0n) is 14.6. The van der Waals surface area contributed by atoms with E-state index in [1.807, 2.05) is 3.88 Å². The third-order valence-electron chi connectivity index (χ3n) is 5.37. The highest BCUT2D eigenvalue weighted by atomic mass is 27.1. The number of rotatable bonds is 2. The molecule has 1 aliphatic carbocycles. The van der Waals surface area contributed by atoms with Crippen molar-refractivity contribution in [3.63, 3.8) is 0 Å². The number of ether oxygens (including phenoxy) is 2. The molecule has 0 unspecified atom stereocenters. The molecule has 2 aliphatic rings. The minimum absolute atomic E-state index is 0.0485. The molecule has 2 aromatic rings. The molecule has 0 fully saturated rings. The molecular formula is C19H18AlN2O4+. The van der Waals surface area contributed by atoms with Crippen LogP contribution in [0.25, 0.3) is 16.0 Å². The van der Waals surface area contributed by atoms with E-state index >= 15 is 0 Å². The van der Waals surface area contributed by atoms with Gasteiger partial charge in [0.1, 0.15) is 0 Å². The summed E-state index contributed by atoms with van der Waals surface area (Å²) in [5.41, 5.74) is 3.55. The van der Waals surface area contributed by atoms with Gasteiger partial charge in [-0.3, -0.25) is 0 Å². The van der Waals surface area contributed by atoms with Crippen molar-refractivity contribution in [1.82, 2.24) is 3.88 Å². The van der Waals surface area contributed by atoms with E-state index in [9.17, 15) is 10.2 Å². The van der Waals surface area contributed by atoms with Crippen molar-refractivity contribution in [3.05, 3.63) is 39.7 Å². The van der Waals surface area contributed by atoms with Crippen LogP contribution in [0.5, 0.6) is 23.0 Å². The number of aromatic hydroxyl groups is 2. The first-order valence-electron chi connectivity index (χ1n) is 8.24. The highest BCUT2D eigenvalue weighted by Crippen LogP contribution is 2.56. The fourth-order valence-corrected chi connectivity index (χ4v) is 4.60. The Morgan fingerprint density at radius 1 is 1.15 bits per heavy atom. The van der Waals surface area contributed by atoms with Crippen LogP contribution in [0, 0.1) is 6.57 Å². The van der Waals surface area contributed by atoms with E-state index in [1.54, 1.807) is 18.2 Å². The zero-order chi connectivity index (χ0) is 18.6. The van der Waals surface area contributed by atoms with Crippen molar-refractivity contribution < 1.29 is 19.7 Å². The van der Waals surface area contributed by atoms with Crippen LogP contribution in [0.15, 0.2) is 18.2 Å². The average molecular weight is 365 g/mol. The second-order valence-electron chi connectivity index (χ2n) is 6.59. The maximum atomic E-state index is 10.5. The van der Waals surface area contributed by atoms with Crippen LogP contribution in [-0.4, -0.2) is 51.4 Å². The summed E-state index contributed by atoms with van der Waals surface area (Å²) < 4.78 is 12.9. The molecule has 26 heavy (non-hydrogen) atoms. The lowest BCUT2D eigenvalue weighted by atomic mass is 9.73. The Hall–Kier alpha value is -2.38. The summed E-state index contributed by atoms with van der Waals surface area (Å²) in [7, 11) is 3.02. The topological polar surface area (TPSA) is 66.5 Å². The van der Waals surface area contributed by atoms with Gasteiger partial charge in [-0.2, -0.15) is 0 Å². The number of phenols is 2. The SMILES string of the molecule is C#[N+][C@]12Cc3cc(O)c(OC)cc3-c3c(OC)c(O)cc(c31)CC[N]2[Al]. The molecule has 2 radical (unpaired) electrons. The van der Waals surface area contributed by atoms with Crippen molar-refractivity contribution in [3.8, 4) is 40.7 Å². The van der Waals surface area contributed by atoms with Crippen molar-refractivity contribution in [2.45, 2.75) is 18.5 Å². The van der Waals surface area contributed by atoms with Gasteiger partial charge in [-0.05, 0) is 47.9 Å². The summed E-state index contributed by atoms with van der Waals surface area (Å²) in [6.07, 6.45) is 1.25. The average Bonchev–Trinajstić information content (AvgIpc) is 2.63. The predicted octanol–water partition coefficient (Wildman–Crippen LogP) is 2.40.